The Hall–Kier alpha value is -1.55. The molecular weight excluding hydrogens is 220 g/mol. The van der Waals surface area contributed by atoms with Crippen LogP contribution in [0.15, 0.2) is 36.5 Å². The Morgan fingerprint density at radius 1 is 1.50 bits per heavy atom. The van der Waals surface area contributed by atoms with E-state index in [0.29, 0.717) is 11.7 Å². The molecule has 0 bridgehead atoms. The Labute approximate surface area is 102 Å². The number of methoxy groups -OCH3 is 1. The lowest BCUT2D eigenvalue weighted by Crippen LogP contribution is -2.31. The summed E-state index contributed by atoms with van der Waals surface area (Å²) in [6, 6.07) is 7.87. The predicted octanol–water partition coefficient (Wildman–Crippen LogP) is 2.19. The van der Waals surface area contributed by atoms with Gasteiger partial charge in [0.1, 0.15) is 5.75 Å². The van der Waals surface area contributed by atoms with E-state index in [1.807, 2.05) is 37.3 Å². The zero-order valence-electron chi connectivity index (χ0n) is 9.49. The zero-order chi connectivity index (χ0) is 11.8. The van der Waals surface area contributed by atoms with Gasteiger partial charge in [-0.3, -0.25) is 0 Å². The highest BCUT2D eigenvalue weighted by molar-refractivity contribution is 7.80. The van der Waals surface area contributed by atoms with Gasteiger partial charge < -0.3 is 15.4 Å². The van der Waals surface area contributed by atoms with E-state index in [1.54, 1.807) is 13.3 Å². The molecular formula is C12H16N2OS. The zero-order valence-corrected chi connectivity index (χ0v) is 10.3. The summed E-state index contributed by atoms with van der Waals surface area (Å²) in [5.41, 5.74) is 1.13. The van der Waals surface area contributed by atoms with E-state index >= 15 is 0 Å². The second kappa shape index (κ2) is 6.85. The number of thiocarbonyl (C=S) groups is 1. The number of hydrogen-bond donors (Lipinski definition) is 2. The van der Waals surface area contributed by atoms with Gasteiger partial charge in [0.25, 0.3) is 0 Å². The second-order valence-corrected chi connectivity index (χ2v) is 3.59. The Morgan fingerprint density at radius 3 is 3.00 bits per heavy atom. The van der Waals surface area contributed by atoms with Crippen LogP contribution in [0.5, 0.6) is 5.75 Å². The third-order valence-electron chi connectivity index (χ3n) is 1.97. The molecule has 1 rings (SSSR count). The van der Waals surface area contributed by atoms with Crippen molar-refractivity contribution in [1.29, 1.82) is 0 Å². The Kier molecular flexibility index (Phi) is 5.36. The van der Waals surface area contributed by atoms with Crippen molar-refractivity contribution in [2.75, 3.05) is 7.11 Å². The standard InChI is InChI=1S/C12H16N2OS/c1-3-7-13-12(16)14-9-10-5-4-6-11(8-10)15-2/h3-8H,9H2,1-2H3,(H2,13,14,16)/b7-3+. The fourth-order valence-electron chi connectivity index (χ4n) is 1.17. The minimum Gasteiger partial charge on any atom is -0.497 e. The van der Waals surface area contributed by atoms with Crippen molar-refractivity contribution in [3.05, 3.63) is 42.1 Å². The van der Waals surface area contributed by atoms with Gasteiger partial charge in [-0.25, -0.2) is 0 Å². The summed E-state index contributed by atoms with van der Waals surface area (Å²) in [7, 11) is 1.66. The summed E-state index contributed by atoms with van der Waals surface area (Å²) in [5, 5.41) is 6.65. The van der Waals surface area contributed by atoms with E-state index in [-0.39, 0.29) is 0 Å². The topological polar surface area (TPSA) is 33.3 Å². The molecule has 0 aromatic heterocycles. The van der Waals surface area contributed by atoms with E-state index in [0.717, 1.165) is 11.3 Å². The Bertz CT molecular complexity index is 377. The molecule has 2 N–H and O–H groups in total. The number of allylic oxidation sites excluding steroid dienone is 1. The molecule has 86 valence electrons. The first-order valence-corrected chi connectivity index (χ1v) is 5.45. The van der Waals surface area contributed by atoms with Crippen molar-refractivity contribution in [3.8, 4) is 5.75 Å². The highest BCUT2D eigenvalue weighted by atomic mass is 32.1. The van der Waals surface area contributed by atoms with Crippen LogP contribution >= 0.6 is 12.2 Å². The van der Waals surface area contributed by atoms with Crippen molar-refractivity contribution < 1.29 is 4.74 Å². The summed E-state index contributed by atoms with van der Waals surface area (Å²) in [4.78, 5) is 0. The van der Waals surface area contributed by atoms with E-state index in [4.69, 9.17) is 17.0 Å². The Morgan fingerprint density at radius 2 is 2.31 bits per heavy atom. The number of hydrogen-bond acceptors (Lipinski definition) is 2. The second-order valence-electron chi connectivity index (χ2n) is 3.18. The molecule has 1 aromatic carbocycles. The SMILES string of the molecule is C/C=C/NC(=S)NCc1cccc(OC)c1. The number of rotatable bonds is 4. The molecule has 1 aromatic rings. The maximum absolute atomic E-state index is 5.14. The summed E-state index contributed by atoms with van der Waals surface area (Å²) in [6.07, 6.45) is 3.68. The van der Waals surface area contributed by atoms with Crippen LogP contribution < -0.4 is 15.4 Å². The first-order valence-electron chi connectivity index (χ1n) is 5.04. The third kappa shape index (κ3) is 4.31. The van der Waals surface area contributed by atoms with Gasteiger partial charge in [0.2, 0.25) is 0 Å². The van der Waals surface area contributed by atoms with Gasteiger partial charge in [-0.15, -0.1) is 0 Å². The van der Waals surface area contributed by atoms with Crippen molar-refractivity contribution in [2.24, 2.45) is 0 Å². The first kappa shape index (κ1) is 12.5. The van der Waals surface area contributed by atoms with Crippen molar-refractivity contribution in [3.63, 3.8) is 0 Å². The fraction of sp³-hybridized carbons (Fsp3) is 0.250. The molecule has 0 atom stereocenters. The highest BCUT2D eigenvalue weighted by Gasteiger charge is 1.96. The minimum absolute atomic E-state index is 0.612. The van der Waals surface area contributed by atoms with E-state index in [9.17, 15) is 0 Å². The van der Waals surface area contributed by atoms with E-state index in [2.05, 4.69) is 10.6 Å². The predicted molar refractivity (Wildman–Crippen MR) is 70.4 cm³/mol. The Balaban J connectivity index is 2.44. The van der Waals surface area contributed by atoms with Gasteiger partial charge in [0.15, 0.2) is 5.11 Å². The number of benzene rings is 1. The molecule has 0 saturated heterocycles. The monoisotopic (exact) mass is 236 g/mol. The molecule has 0 radical (unpaired) electrons. The van der Waals surface area contributed by atoms with Crippen LogP contribution in [0.3, 0.4) is 0 Å². The number of ether oxygens (including phenoxy) is 1. The van der Waals surface area contributed by atoms with Crippen LogP contribution in [0.2, 0.25) is 0 Å². The van der Waals surface area contributed by atoms with Crippen LogP contribution in [-0.2, 0) is 6.54 Å². The van der Waals surface area contributed by atoms with Gasteiger partial charge in [-0.2, -0.15) is 0 Å². The van der Waals surface area contributed by atoms with Crippen LogP contribution in [0.25, 0.3) is 0 Å². The number of nitrogens with one attached hydrogen (secondary N) is 2. The van der Waals surface area contributed by atoms with Crippen LogP contribution in [0, 0.1) is 0 Å². The average Bonchev–Trinajstić information content (AvgIpc) is 2.34. The minimum atomic E-state index is 0.612. The lowest BCUT2D eigenvalue weighted by Gasteiger charge is -2.08. The lowest BCUT2D eigenvalue weighted by atomic mass is 10.2. The molecule has 0 aliphatic rings. The molecule has 0 spiro atoms. The van der Waals surface area contributed by atoms with Crippen LogP contribution in [-0.4, -0.2) is 12.2 Å². The summed E-state index contributed by atoms with van der Waals surface area (Å²) in [5.74, 6) is 0.853. The van der Waals surface area contributed by atoms with E-state index in [1.165, 1.54) is 0 Å². The van der Waals surface area contributed by atoms with Gasteiger partial charge in [0, 0.05) is 6.54 Å². The maximum atomic E-state index is 5.14. The van der Waals surface area contributed by atoms with Gasteiger partial charge in [0.05, 0.1) is 7.11 Å². The van der Waals surface area contributed by atoms with E-state index < -0.39 is 0 Å². The summed E-state index contributed by atoms with van der Waals surface area (Å²) >= 11 is 5.08. The van der Waals surface area contributed by atoms with Gasteiger partial charge >= 0.3 is 0 Å². The lowest BCUT2D eigenvalue weighted by molar-refractivity contribution is 0.414. The van der Waals surface area contributed by atoms with Gasteiger partial charge in [-0.1, -0.05) is 18.2 Å². The molecule has 0 aliphatic heterocycles. The van der Waals surface area contributed by atoms with Gasteiger partial charge in [-0.05, 0) is 43.0 Å². The highest BCUT2D eigenvalue weighted by Crippen LogP contribution is 2.11. The average molecular weight is 236 g/mol. The smallest absolute Gasteiger partial charge is 0.170 e. The quantitative estimate of drug-likeness (QED) is 0.785. The van der Waals surface area contributed by atoms with Crippen LogP contribution in [0.4, 0.5) is 0 Å². The molecule has 0 amide bonds. The summed E-state index contributed by atoms with van der Waals surface area (Å²) in [6.45, 7) is 2.61. The largest absolute Gasteiger partial charge is 0.497 e. The molecule has 3 nitrogen and oxygen atoms in total. The van der Waals surface area contributed by atoms with Crippen LogP contribution in [0.1, 0.15) is 12.5 Å². The molecule has 4 heteroatoms. The van der Waals surface area contributed by atoms with Crippen molar-refractivity contribution >= 4 is 17.3 Å². The van der Waals surface area contributed by atoms with Crippen molar-refractivity contribution in [2.45, 2.75) is 13.5 Å². The molecule has 0 fully saturated rings. The molecule has 0 heterocycles. The summed E-state index contributed by atoms with van der Waals surface area (Å²) < 4.78 is 5.14. The molecule has 0 aliphatic carbocycles. The van der Waals surface area contributed by atoms with Crippen molar-refractivity contribution in [1.82, 2.24) is 10.6 Å². The molecule has 16 heavy (non-hydrogen) atoms. The first-order chi connectivity index (χ1) is 7.76. The molecule has 0 saturated carbocycles. The maximum Gasteiger partial charge on any atom is 0.170 e. The normalized spacial score (nSPS) is 10.1. The third-order valence-corrected chi connectivity index (χ3v) is 2.23. The fourth-order valence-corrected chi connectivity index (χ4v) is 1.32. The molecule has 0 unspecified atom stereocenters.